The molecule has 0 aliphatic carbocycles. The Bertz CT molecular complexity index is 896. The van der Waals surface area contributed by atoms with Gasteiger partial charge in [-0.25, -0.2) is 0 Å². The smallest absolute Gasteiger partial charge is 0.247 e. The van der Waals surface area contributed by atoms with Crippen LogP contribution in [0.4, 0.5) is 0 Å². The third kappa shape index (κ3) is 3.67. The monoisotopic (exact) mass is 429 g/mol. The van der Waals surface area contributed by atoms with Gasteiger partial charge in [-0.15, -0.1) is 0 Å². The number of ether oxygens (including phenoxy) is 3. The van der Waals surface area contributed by atoms with E-state index in [0.717, 1.165) is 46.5 Å². The van der Waals surface area contributed by atoms with Crippen molar-refractivity contribution in [3.8, 4) is 17.2 Å². The van der Waals surface area contributed by atoms with Crippen LogP contribution >= 0.6 is 15.9 Å². The molecule has 1 fully saturated rings. The Labute approximate surface area is 166 Å². The topological polar surface area (TPSA) is 48.0 Å². The molecule has 1 amide bonds. The van der Waals surface area contributed by atoms with Crippen LogP contribution in [0.15, 0.2) is 46.9 Å². The first-order valence-electron chi connectivity index (χ1n) is 8.87. The van der Waals surface area contributed by atoms with Gasteiger partial charge in [0.05, 0.1) is 13.2 Å². The van der Waals surface area contributed by atoms with Gasteiger partial charge < -0.3 is 19.1 Å². The molecule has 2 aromatic carbocycles. The molecule has 2 heterocycles. The summed E-state index contributed by atoms with van der Waals surface area (Å²) in [5.74, 6) is 2.25. The van der Waals surface area contributed by atoms with Gasteiger partial charge >= 0.3 is 0 Å². The van der Waals surface area contributed by atoms with E-state index in [-0.39, 0.29) is 18.7 Å². The van der Waals surface area contributed by atoms with Crippen molar-refractivity contribution in [2.75, 3.05) is 20.4 Å². The highest BCUT2D eigenvalue weighted by Crippen LogP contribution is 2.38. The van der Waals surface area contributed by atoms with Crippen molar-refractivity contribution in [2.45, 2.75) is 18.9 Å². The first kappa shape index (κ1) is 17.9. The Morgan fingerprint density at radius 1 is 1.22 bits per heavy atom. The lowest BCUT2D eigenvalue weighted by molar-refractivity contribution is -0.126. The molecule has 2 aliphatic rings. The Morgan fingerprint density at radius 3 is 2.93 bits per heavy atom. The van der Waals surface area contributed by atoms with Crippen molar-refractivity contribution < 1.29 is 19.0 Å². The van der Waals surface area contributed by atoms with Crippen LogP contribution in [0.3, 0.4) is 0 Å². The number of nitrogens with zero attached hydrogens (tertiary/aromatic N) is 1. The van der Waals surface area contributed by atoms with E-state index in [9.17, 15) is 4.79 Å². The van der Waals surface area contributed by atoms with E-state index in [4.69, 9.17) is 14.2 Å². The number of hydrogen-bond acceptors (Lipinski definition) is 4. The molecule has 5 nitrogen and oxygen atoms in total. The maximum atomic E-state index is 12.9. The molecule has 0 N–H and O–H groups in total. The van der Waals surface area contributed by atoms with E-state index in [0.29, 0.717) is 5.75 Å². The van der Waals surface area contributed by atoms with E-state index in [1.54, 1.807) is 13.2 Å². The largest absolute Gasteiger partial charge is 0.496 e. The lowest BCUT2D eigenvalue weighted by Crippen LogP contribution is -2.29. The number of hydrogen-bond donors (Lipinski definition) is 0. The van der Waals surface area contributed by atoms with E-state index < -0.39 is 0 Å². The molecule has 1 saturated heterocycles. The molecule has 1 unspecified atom stereocenters. The Hall–Kier alpha value is -2.47. The van der Waals surface area contributed by atoms with Crippen LogP contribution in [-0.4, -0.2) is 31.3 Å². The summed E-state index contributed by atoms with van der Waals surface area (Å²) in [6.07, 6.45) is 5.35. The van der Waals surface area contributed by atoms with Gasteiger partial charge in [0.1, 0.15) is 5.75 Å². The summed E-state index contributed by atoms with van der Waals surface area (Å²) >= 11 is 3.52. The number of rotatable bonds is 4. The van der Waals surface area contributed by atoms with E-state index in [1.165, 1.54) is 0 Å². The molecular weight excluding hydrogens is 410 g/mol. The third-order valence-electron chi connectivity index (χ3n) is 4.90. The van der Waals surface area contributed by atoms with Gasteiger partial charge in [0.15, 0.2) is 11.5 Å². The quantitative estimate of drug-likeness (QED) is 0.668. The fraction of sp³-hybridized carbons (Fsp3) is 0.286. The number of amides is 1. The van der Waals surface area contributed by atoms with Gasteiger partial charge in [0, 0.05) is 22.7 Å². The average molecular weight is 430 g/mol. The number of carbonyl (C=O) groups excluding carboxylic acids is 1. The molecule has 0 spiro atoms. The zero-order valence-electron chi connectivity index (χ0n) is 15.0. The number of benzene rings is 2. The molecular formula is C21H20BrNO4. The van der Waals surface area contributed by atoms with E-state index in [1.807, 2.05) is 47.4 Å². The number of fused-ring (bicyclic) bond motifs is 1. The summed E-state index contributed by atoms with van der Waals surface area (Å²) in [6, 6.07) is 11.6. The highest BCUT2D eigenvalue weighted by Gasteiger charge is 2.31. The molecule has 140 valence electrons. The SMILES string of the molecule is COc1ccc(Br)cc1C1CCCN1C(=O)/C=C/c1ccc2c(c1)OCO2. The van der Waals surface area contributed by atoms with Crippen molar-refractivity contribution in [3.05, 3.63) is 58.1 Å². The maximum absolute atomic E-state index is 12.9. The Balaban J connectivity index is 1.53. The molecule has 0 radical (unpaired) electrons. The molecule has 2 aromatic rings. The van der Waals surface area contributed by atoms with E-state index >= 15 is 0 Å². The van der Waals surface area contributed by atoms with E-state index in [2.05, 4.69) is 15.9 Å². The Kier molecular flexibility index (Phi) is 5.07. The highest BCUT2D eigenvalue weighted by atomic mass is 79.9. The van der Waals surface area contributed by atoms with Crippen LogP contribution in [-0.2, 0) is 4.79 Å². The summed E-state index contributed by atoms with van der Waals surface area (Å²) in [4.78, 5) is 14.8. The molecule has 0 bridgehead atoms. The second-order valence-electron chi connectivity index (χ2n) is 6.52. The van der Waals surface area contributed by atoms with Crippen LogP contribution in [0.5, 0.6) is 17.2 Å². The van der Waals surface area contributed by atoms with Gasteiger partial charge in [0.25, 0.3) is 0 Å². The number of carbonyl (C=O) groups is 1. The van der Waals surface area contributed by atoms with Crippen LogP contribution in [0.2, 0.25) is 0 Å². The molecule has 6 heteroatoms. The summed E-state index contributed by atoms with van der Waals surface area (Å²) in [5.41, 5.74) is 1.94. The third-order valence-corrected chi connectivity index (χ3v) is 5.39. The minimum Gasteiger partial charge on any atom is -0.496 e. The first-order chi connectivity index (χ1) is 13.2. The Morgan fingerprint density at radius 2 is 2.07 bits per heavy atom. The van der Waals surface area contributed by atoms with Gasteiger partial charge in [-0.3, -0.25) is 4.79 Å². The predicted octanol–water partition coefficient (Wildman–Crippen LogP) is 4.56. The summed E-state index contributed by atoms with van der Waals surface area (Å²) in [5, 5.41) is 0. The first-order valence-corrected chi connectivity index (χ1v) is 9.67. The van der Waals surface area contributed by atoms with Gasteiger partial charge in [0.2, 0.25) is 12.7 Å². The number of likely N-dealkylation sites (tertiary alicyclic amines) is 1. The summed E-state index contributed by atoms with van der Waals surface area (Å²) in [7, 11) is 1.66. The standard InChI is InChI=1S/C21H20BrNO4/c1-25-18-8-6-15(22)12-16(18)17-3-2-10-23(17)21(24)9-5-14-4-7-19-20(11-14)27-13-26-19/h4-9,11-12,17H,2-3,10,13H2,1H3/b9-5+. The van der Waals surface area contributed by atoms with Gasteiger partial charge in [-0.1, -0.05) is 22.0 Å². The molecule has 4 rings (SSSR count). The fourth-order valence-electron chi connectivity index (χ4n) is 3.60. The van der Waals surface area contributed by atoms with Crippen LogP contribution in [0, 0.1) is 0 Å². The second kappa shape index (κ2) is 7.64. The van der Waals surface area contributed by atoms with Crippen LogP contribution < -0.4 is 14.2 Å². The molecule has 0 saturated carbocycles. The van der Waals surface area contributed by atoms with Crippen molar-refractivity contribution in [3.63, 3.8) is 0 Å². The zero-order chi connectivity index (χ0) is 18.8. The van der Waals surface area contributed by atoms with Gasteiger partial charge in [-0.05, 0) is 54.8 Å². The lowest BCUT2D eigenvalue weighted by Gasteiger charge is -2.25. The predicted molar refractivity (Wildman–Crippen MR) is 106 cm³/mol. The molecule has 0 aromatic heterocycles. The zero-order valence-corrected chi connectivity index (χ0v) is 16.6. The summed E-state index contributed by atoms with van der Waals surface area (Å²) in [6.45, 7) is 0.982. The minimum atomic E-state index is -0.00260. The van der Waals surface area contributed by atoms with Crippen molar-refractivity contribution in [2.24, 2.45) is 0 Å². The maximum Gasteiger partial charge on any atom is 0.247 e. The minimum absolute atomic E-state index is 0.00260. The van der Waals surface area contributed by atoms with Crippen molar-refractivity contribution in [1.82, 2.24) is 4.90 Å². The average Bonchev–Trinajstić information content (AvgIpc) is 3.34. The highest BCUT2D eigenvalue weighted by molar-refractivity contribution is 9.10. The van der Waals surface area contributed by atoms with Crippen molar-refractivity contribution in [1.29, 1.82) is 0 Å². The normalized spacial score (nSPS) is 18.3. The molecule has 2 aliphatic heterocycles. The lowest BCUT2D eigenvalue weighted by atomic mass is 10.0. The number of halogens is 1. The van der Waals surface area contributed by atoms with Crippen LogP contribution in [0.25, 0.3) is 6.08 Å². The van der Waals surface area contributed by atoms with Gasteiger partial charge in [-0.2, -0.15) is 0 Å². The molecule has 1 atom stereocenters. The second-order valence-corrected chi connectivity index (χ2v) is 7.44. The number of methoxy groups -OCH3 is 1. The fourth-order valence-corrected chi connectivity index (χ4v) is 3.98. The molecule has 27 heavy (non-hydrogen) atoms. The van der Waals surface area contributed by atoms with Crippen LogP contribution in [0.1, 0.15) is 30.0 Å². The summed E-state index contributed by atoms with van der Waals surface area (Å²) < 4.78 is 17.2. The van der Waals surface area contributed by atoms with Crippen molar-refractivity contribution >= 4 is 27.9 Å².